The highest BCUT2D eigenvalue weighted by atomic mass is 127. The van der Waals surface area contributed by atoms with Crippen molar-refractivity contribution < 1.29 is 19.0 Å². The Bertz CT molecular complexity index is 634. The normalized spacial score (nSPS) is 16.3. The third-order valence-electron chi connectivity index (χ3n) is 4.04. The van der Waals surface area contributed by atoms with Crippen LogP contribution in [0.4, 0.5) is 5.69 Å². The summed E-state index contributed by atoms with van der Waals surface area (Å²) in [7, 11) is 6.59. The van der Waals surface area contributed by atoms with Gasteiger partial charge in [-0.15, -0.1) is 24.0 Å². The van der Waals surface area contributed by atoms with Crippen molar-refractivity contribution >= 4 is 41.5 Å². The summed E-state index contributed by atoms with van der Waals surface area (Å²) in [4.78, 5) is 17.7. The Morgan fingerprint density at radius 3 is 2.63 bits per heavy atom. The molecule has 0 radical (unpaired) electrons. The summed E-state index contributed by atoms with van der Waals surface area (Å²) >= 11 is 0. The second kappa shape index (κ2) is 11.9. The molecule has 1 aromatic carbocycles. The van der Waals surface area contributed by atoms with Crippen LogP contribution in [0.15, 0.2) is 23.2 Å². The predicted molar refractivity (Wildman–Crippen MR) is 117 cm³/mol. The van der Waals surface area contributed by atoms with Gasteiger partial charge in [0, 0.05) is 39.0 Å². The number of guanidine groups is 1. The monoisotopic (exact) mass is 492 g/mol. The molecule has 0 spiro atoms. The van der Waals surface area contributed by atoms with E-state index in [1.165, 1.54) is 4.90 Å². The van der Waals surface area contributed by atoms with Crippen LogP contribution in [-0.2, 0) is 9.53 Å². The van der Waals surface area contributed by atoms with Crippen LogP contribution in [0.3, 0.4) is 0 Å². The van der Waals surface area contributed by atoms with Gasteiger partial charge in [-0.3, -0.25) is 4.79 Å². The van der Waals surface area contributed by atoms with Crippen LogP contribution in [0, 0.1) is 0 Å². The number of carbonyl (C=O) groups is 1. The van der Waals surface area contributed by atoms with E-state index in [2.05, 4.69) is 15.6 Å². The summed E-state index contributed by atoms with van der Waals surface area (Å²) in [5.74, 6) is 1.70. The third-order valence-corrected chi connectivity index (χ3v) is 4.04. The lowest BCUT2D eigenvalue weighted by molar-refractivity contribution is -0.127. The van der Waals surface area contributed by atoms with Crippen LogP contribution in [0.25, 0.3) is 0 Å². The maximum Gasteiger partial charge on any atom is 0.243 e. The number of nitrogens with zero attached hydrogens (tertiary/aromatic N) is 2. The van der Waals surface area contributed by atoms with E-state index < -0.39 is 0 Å². The lowest BCUT2D eigenvalue weighted by Gasteiger charge is -2.17. The molecule has 152 valence electrons. The predicted octanol–water partition coefficient (Wildman–Crippen LogP) is 1.95. The van der Waals surface area contributed by atoms with E-state index in [9.17, 15) is 4.79 Å². The molecule has 2 N–H and O–H groups in total. The Morgan fingerprint density at radius 2 is 2.04 bits per heavy atom. The fraction of sp³-hybridized carbons (Fsp3) is 0.556. The molecule has 0 saturated carbocycles. The summed E-state index contributed by atoms with van der Waals surface area (Å²) in [6.45, 7) is 1.48. The van der Waals surface area contributed by atoms with E-state index in [0.717, 1.165) is 25.1 Å². The number of halogens is 1. The highest BCUT2D eigenvalue weighted by molar-refractivity contribution is 14.0. The fourth-order valence-corrected chi connectivity index (χ4v) is 2.49. The summed E-state index contributed by atoms with van der Waals surface area (Å²) < 4.78 is 16.2. The molecule has 0 bridgehead atoms. The van der Waals surface area contributed by atoms with Crippen LogP contribution >= 0.6 is 24.0 Å². The molecule has 1 atom stereocenters. The van der Waals surface area contributed by atoms with Crippen LogP contribution < -0.4 is 20.1 Å². The van der Waals surface area contributed by atoms with E-state index in [1.807, 2.05) is 18.2 Å². The average Bonchev–Trinajstić information content (AvgIpc) is 3.16. The molecule has 9 heteroatoms. The molecule has 1 heterocycles. The van der Waals surface area contributed by atoms with Crippen molar-refractivity contribution in [2.75, 3.05) is 53.3 Å². The molecule has 2 rings (SSSR count). The standard InChI is InChI=1S/C18H28N4O4.HI/c1-22(2)17(23)12-20-18(19-11-14-6-5-9-26-14)21-13-7-8-15(24-3)16(10-13)25-4;/h7-8,10,14H,5-6,9,11-12H2,1-4H3,(H2,19,20,21);1H. The van der Waals surface area contributed by atoms with Crippen molar-refractivity contribution in [3.8, 4) is 11.5 Å². The number of hydrogen-bond donors (Lipinski definition) is 2. The molecule has 27 heavy (non-hydrogen) atoms. The number of amides is 1. The van der Waals surface area contributed by atoms with Gasteiger partial charge in [0.1, 0.15) is 6.54 Å². The first-order chi connectivity index (χ1) is 12.5. The number of hydrogen-bond acceptors (Lipinski definition) is 5. The third kappa shape index (κ3) is 7.41. The van der Waals surface area contributed by atoms with E-state index in [4.69, 9.17) is 14.2 Å². The maximum atomic E-state index is 11.8. The number of methoxy groups -OCH3 is 2. The van der Waals surface area contributed by atoms with Gasteiger partial charge in [0.25, 0.3) is 0 Å². The SMILES string of the molecule is COc1ccc(NC(=NCC(=O)N(C)C)NCC2CCCO2)cc1OC.I. The van der Waals surface area contributed by atoms with Gasteiger partial charge in [-0.05, 0) is 25.0 Å². The molecule has 1 aliphatic heterocycles. The molecule has 1 aliphatic rings. The Balaban J connectivity index is 0.00000364. The van der Waals surface area contributed by atoms with Crippen LogP contribution in [-0.4, -0.2) is 70.9 Å². The number of anilines is 1. The highest BCUT2D eigenvalue weighted by Gasteiger charge is 2.16. The number of likely N-dealkylation sites (N-methyl/N-ethyl adjacent to an activating group) is 1. The Morgan fingerprint density at radius 1 is 1.30 bits per heavy atom. The topological polar surface area (TPSA) is 84.4 Å². The number of benzene rings is 1. The van der Waals surface area contributed by atoms with E-state index in [1.54, 1.807) is 28.3 Å². The van der Waals surface area contributed by atoms with E-state index in [0.29, 0.717) is 24.0 Å². The minimum absolute atomic E-state index is 0. The summed E-state index contributed by atoms with van der Waals surface area (Å²) in [5, 5.41) is 6.44. The van der Waals surface area contributed by atoms with Crippen molar-refractivity contribution in [3.63, 3.8) is 0 Å². The van der Waals surface area contributed by atoms with Gasteiger partial charge in [0.05, 0.1) is 20.3 Å². The van der Waals surface area contributed by atoms with Gasteiger partial charge < -0.3 is 29.7 Å². The number of carbonyl (C=O) groups excluding carboxylic acids is 1. The van der Waals surface area contributed by atoms with Crippen LogP contribution in [0.2, 0.25) is 0 Å². The first-order valence-electron chi connectivity index (χ1n) is 8.62. The number of ether oxygens (including phenoxy) is 3. The van der Waals surface area contributed by atoms with Crippen molar-refractivity contribution in [1.29, 1.82) is 0 Å². The van der Waals surface area contributed by atoms with Gasteiger partial charge in [-0.1, -0.05) is 0 Å². The highest BCUT2D eigenvalue weighted by Crippen LogP contribution is 2.29. The maximum absolute atomic E-state index is 11.8. The van der Waals surface area contributed by atoms with Crippen molar-refractivity contribution in [1.82, 2.24) is 10.2 Å². The smallest absolute Gasteiger partial charge is 0.243 e. The Hall–Kier alpha value is -1.75. The van der Waals surface area contributed by atoms with Gasteiger partial charge in [-0.25, -0.2) is 4.99 Å². The van der Waals surface area contributed by atoms with Crippen molar-refractivity contribution in [2.45, 2.75) is 18.9 Å². The molecule has 1 saturated heterocycles. The molecular formula is C18H29IN4O4. The summed E-state index contributed by atoms with van der Waals surface area (Å²) in [6.07, 6.45) is 2.26. The lowest BCUT2D eigenvalue weighted by Crippen LogP contribution is -2.37. The molecule has 1 aromatic rings. The molecular weight excluding hydrogens is 463 g/mol. The molecule has 0 aliphatic carbocycles. The van der Waals surface area contributed by atoms with Gasteiger partial charge in [-0.2, -0.15) is 0 Å². The van der Waals surface area contributed by atoms with Crippen molar-refractivity contribution in [3.05, 3.63) is 18.2 Å². The van der Waals surface area contributed by atoms with Crippen LogP contribution in [0.5, 0.6) is 11.5 Å². The van der Waals surface area contributed by atoms with Gasteiger partial charge in [0.2, 0.25) is 5.91 Å². The average molecular weight is 492 g/mol. The zero-order valence-corrected chi connectivity index (χ0v) is 18.6. The first kappa shape index (κ1) is 23.3. The molecule has 0 aromatic heterocycles. The summed E-state index contributed by atoms with van der Waals surface area (Å²) in [5.41, 5.74) is 0.776. The van der Waals surface area contributed by atoms with Gasteiger partial charge in [0.15, 0.2) is 17.5 Å². The van der Waals surface area contributed by atoms with E-state index >= 15 is 0 Å². The zero-order chi connectivity index (χ0) is 18.9. The van der Waals surface area contributed by atoms with Crippen molar-refractivity contribution in [2.24, 2.45) is 4.99 Å². The minimum atomic E-state index is -0.0736. The number of aliphatic imine (C=N–C) groups is 1. The quantitative estimate of drug-likeness (QED) is 0.344. The zero-order valence-electron chi connectivity index (χ0n) is 16.3. The number of nitrogens with one attached hydrogen (secondary N) is 2. The minimum Gasteiger partial charge on any atom is -0.493 e. The summed E-state index contributed by atoms with van der Waals surface area (Å²) in [6, 6.07) is 5.48. The second-order valence-corrected chi connectivity index (χ2v) is 6.16. The van der Waals surface area contributed by atoms with E-state index in [-0.39, 0.29) is 42.5 Å². The lowest BCUT2D eigenvalue weighted by atomic mass is 10.2. The largest absolute Gasteiger partial charge is 0.493 e. The second-order valence-electron chi connectivity index (χ2n) is 6.16. The Labute approximate surface area is 177 Å². The molecule has 8 nitrogen and oxygen atoms in total. The van der Waals surface area contributed by atoms with Gasteiger partial charge >= 0.3 is 0 Å². The number of rotatable bonds is 7. The first-order valence-corrected chi connectivity index (χ1v) is 8.62. The molecule has 1 unspecified atom stereocenters. The molecule has 1 fully saturated rings. The Kier molecular flexibility index (Phi) is 10.2. The molecule has 1 amide bonds. The van der Waals surface area contributed by atoms with Crippen LogP contribution in [0.1, 0.15) is 12.8 Å². The fourth-order valence-electron chi connectivity index (χ4n) is 2.49.